The van der Waals surface area contributed by atoms with Gasteiger partial charge in [-0.25, -0.2) is 4.52 Å². The van der Waals surface area contributed by atoms with Gasteiger partial charge in [0.05, 0.1) is 29.2 Å². The molecule has 1 fully saturated rings. The van der Waals surface area contributed by atoms with Crippen LogP contribution < -0.4 is 0 Å². The van der Waals surface area contributed by atoms with Crippen LogP contribution in [0.5, 0.6) is 0 Å². The quantitative estimate of drug-likeness (QED) is 0.591. The van der Waals surface area contributed by atoms with E-state index in [0.29, 0.717) is 5.56 Å². The molecule has 28 heavy (non-hydrogen) atoms. The Hall–Kier alpha value is -3.41. The van der Waals surface area contributed by atoms with Crippen LogP contribution in [0.2, 0.25) is 0 Å². The summed E-state index contributed by atoms with van der Waals surface area (Å²) in [6, 6.07) is 14.3. The normalized spacial score (nSPS) is 14.5. The topological polar surface area (TPSA) is 66.3 Å². The predicted octanol–water partition coefficient (Wildman–Crippen LogP) is 4.02. The number of piperidine rings is 1. The first-order chi connectivity index (χ1) is 13.8. The molecule has 1 aliphatic rings. The van der Waals surface area contributed by atoms with Crippen molar-refractivity contribution in [1.82, 2.24) is 24.7 Å². The number of likely N-dealkylation sites (tertiary alicyclic amines) is 1. The molecular formula is C22H21N5O. The molecule has 0 unspecified atom stereocenters. The van der Waals surface area contributed by atoms with Crippen LogP contribution in [0.15, 0.2) is 61.1 Å². The molecule has 1 aliphatic heterocycles. The SMILES string of the molecule is O=C(c1cnn2c(-c3ccc(-c4cn[nH]c4)cc3)cccc12)N1CCCCC1. The number of carbonyl (C=O) groups is 1. The maximum atomic E-state index is 13.0. The lowest BCUT2D eigenvalue weighted by atomic mass is 10.0. The van der Waals surface area contributed by atoms with Crippen molar-refractivity contribution in [3.8, 4) is 22.4 Å². The van der Waals surface area contributed by atoms with Crippen molar-refractivity contribution < 1.29 is 4.79 Å². The molecule has 0 aliphatic carbocycles. The lowest BCUT2D eigenvalue weighted by molar-refractivity contribution is 0.0726. The third-order valence-corrected chi connectivity index (χ3v) is 5.43. The van der Waals surface area contributed by atoms with Crippen LogP contribution >= 0.6 is 0 Å². The number of carbonyl (C=O) groups excluding carboxylic acids is 1. The van der Waals surface area contributed by atoms with Crippen molar-refractivity contribution in [1.29, 1.82) is 0 Å². The van der Waals surface area contributed by atoms with E-state index in [1.807, 2.05) is 40.0 Å². The second kappa shape index (κ2) is 6.96. The fraction of sp³-hybridized carbons (Fsp3) is 0.227. The molecule has 1 aromatic carbocycles. The van der Waals surface area contributed by atoms with Gasteiger partial charge in [-0.15, -0.1) is 0 Å². The van der Waals surface area contributed by atoms with Crippen LogP contribution in [0.25, 0.3) is 27.9 Å². The van der Waals surface area contributed by atoms with Gasteiger partial charge in [0.15, 0.2) is 0 Å². The van der Waals surface area contributed by atoms with E-state index in [4.69, 9.17) is 0 Å². The highest BCUT2D eigenvalue weighted by molar-refractivity contribution is 6.01. The lowest BCUT2D eigenvalue weighted by Gasteiger charge is -2.26. The molecule has 1 saturated heterocycles. The standard InChI is InChI=1S/C22H21N5O/c28-22(26-11-2-1-3-12-26)19-15-25-27-20(5-4-6-21(19)27)17-9-7-16(8-10-17)18-13-23-24-14-18/h4-10,13-15H,1-3,11-12H2,(H,23,24). The van der Waals surface area contributed by atoms with Gasteiger partial charge in [-0.3, -0.25) is 9.89 Å². The highest BCUT2D eigenvalue weighted by Gasteiger charge is 2.22. The number of rotatable bonds is 3. The molecule has 4 heterocycles. The maximum Gasteiger partial charge on any atom is 0.257 e. The van der Waals surface area contributed by atoms with Crippen LogP contribution in [0.1, 0.15) is 29.6 Å². The Morgan fingerprint density at radius 2 is 1.68 bits per heavy atom. The number of fused-ring (bicyclic) bond motifs is 1. The minimum Gasteiger partial charge on any atom is -0.339 e. The van der Waals surface area contributed by atoms with Gasteiger partial charge in [0.25, 0.3) is 5.91 Å². The van der Waals surface area contributed by atoms with Crippen LogP contribution in [0, 0.1) is 0 Å². The number of nitrogens with one attached hydrogen (secondary N) is 1. The van der Waals surface area contributed by atoms with Crippen LogP contribution in [-0.4, -0.2) is 43.7 Å². The minimum absolute atomic E-state index is 0.0853. The molecule has 0 bridgehead atoms. The maximum absolute atomic E-state index is 13.0. The van der Waals surface area contributed by atoms with Crippen molar-refractivity contribution in [2.75, 3.05) is 13.1 Å². The molecule has 6 nitrogen and oxygen atoms in total. The Kier molecular flexibility index (Phi) is 4.16. The molecule has 6 heteroatoms. The van der Waals surface area contributed by atoms with Gasteiger partial charge in [0.2, 0.25) is 0 Å². The smallest absolute Gasteiger partial charge is 0.257 e. The van der Waals surface area contributed by atoms with Crippen molar-refractivity contribution in [2.45, 2.75) is 19.3 Å². The Labute approximate surface area is 162 Å². The van der Waals surface area contributed by atoms with Gasteiger partial charge >= 0.3 is 0 Å². The molecule has 0 spiro atoms. The molecule has 1 N–H and O–H groups in total. The fourth-order valence-corrected chi connectivity index (χ4v) is 3.90. The zero-order valence-electron chi connectivity index (χ0n) is 15.5. The first-order valence-corrected chi connectivity index (χ1v) is 9.67. The van der Waals surface area contributed by atoms with Gasteiger partial charge < -0.3 is 4.90 Å². The monoisotopic (exact) mass is 371 g/mol. The predicted molar refractivity (Wildman–Crippen MR) is 108 cm³/mol. The number of H-pyrrole nitrogens is 1. The summed E-state index contributed by atoms with van der Waals surface area (Å²) in [5.74, 6) is 0.0853. The van der Waals surface area contributed by atoms with E-state index in [9.17, 15) is 4.79 Å². The molecule has 1 amide bonds. The van der Waals surface area contributed by atoms with Crippen molar-refractivity contribution in [2.24, 2.45) is 0 Å². The summed E-state index contributed by atoms with van der Waals surface area (Å²) in [7, 11) is 0. The minimum atomic E-state index is 0.0853. The molecular weight excluding hydrogens is 350 g/mol. The average Bonchev–Trinajstić information content (AvgIpc) is 3.44. The van der Waals surface area contributed by atoms with Gasteiger partial charge in [0.1, 0.15) is 0 Å². The number of nitrogens with zero attached hydrogens (tertiary/aromatic N) is 4. The summed E-state index contributed by atoms with van der Waals surface area (Å²) in [4.78, 5) is 14.9. The van der Waals surface area contributed by atoms with Crippen molar-refractivity contribution in [3.63, 3.8) is 0 Å². The summed E-state index contributed by atoms with van der Waals surface area (Å²) in [6.07, 6.45) is 8.76. The molecule has 0 atom stereocenters. The highest BCUT2D eigenvalue weighted by atomic mass is 16.2. The van der Waals surface area contributed by atoms with Crippen LogP contribution in [0.3, 0.4) is 0 Å². The first-order valence-electron chi connectivity index (χ1n) is 9.67. The van der Waals surface area contributed by atoms with E-state index < -0.39 is 0 Å². The van der Waals surface area contributed by atoms with Crippen molar-refractivity contribution in [3.05, 3.63) is 66.6 Å². The van der Waals surface area contributed by atoms with E-state index in [1.165, 1.54) is 6.42 Å². The molecule has 0 radical (unpaired) electrons. The summed E-state index contributed by atoms with van der Waals surface area (Å²) in [6.45, 7) is 1.68. The second-order valence-electron chi connectivity index (χ2n) is 7.18. The molecule has 3 aromatic heterocycles. The third-order valence-electron chi connectivity index (χ3n) is 5.43. The van der Waals surface area contributed by atoms with E-state index in [1.54, 1.807) is 6.20 Å². The second-order valence-corrected chi connectivity index (χ2v) is 7.18. The van der Waals surface area contributed by atoms with Gasteiger partial charge in [-0.1, -0.05) is 30.3 Å². The molecule has 5 rings (SSSR count). The number of aromatic amines is 1. The number of pyridine rings is 1. The molecule has 0 saturated carbocycles. The number of aromatic nitrogens is 4. The molecule has 140 valence electrons. The summed E-state index contributed by atoms with van der Waals surface area (Å²) >= 11 is 0. The van der Waals surface area contributed by atoms with Gasteiger partial charge in [-0.05, 0) is 37.0 Å². The van der Waals surface area contributed by atoms with E-state index in [2.05, 4.69) is 39.6 Å². The Bertz CT molecular complexity index is 1110. The highest BCUT2D eigenvalue weighted by Crippen LogP contribution is 2.26. The van der Waals surface area contributed by atoms with Gasteiger partial charge in [0, 0.05) is 30.4 Å². The number of benzene rings is 1. The summed E-state index contributed by atoms with van der Waals surface area (Å²) < 4.78 is 1.87. The number of hydrogen-bond donors (Lipinski definition) is 1. The zero-order valence-corrected chi connectivity index (χ0v) is 15.5. The van der Waals surface area contributed by atoms with Crippen LogP contribution in [-0.2, 0) is 0 Å². The largest absolute Gasteiger partial charge is 0.339 e. The third kappa shape index (κ3) is 2.87. The zero-order chi connectivity index (χ0) is 18.9. The van der Waals surface area contributed by atoms with Crippen molar-refractivity contribution >= 4 is 11.4 Å². The van der Waals surface area contributed by atoms with Gasteiger partial charge in [-0.2, -0.15) is 10.2 Å². The Balaban J connectivity index is 1.51. The van der Waals surface area contributed by atoms with E-state index in [-0.39, 0.29) is 5.91 Å². The van der Waals surface area contributed by atoms with Crippen LogP contribution in [0.4, 0.5) is 0 Å². The molecule has 4 aromatic rings. The Morgan fingerprint density at radius 1 is 0.893 bits per heavy atom. The average molecular weight is 371 g/mol. The fourth-order valence-electron chi connectivity index (χ4n) is 3.90. The van der Waals surface area contributed by atoms with E-state index in [0.717, 1.165) is 53.8 Å². The first kappa shape index (κ1) is 16.7. The number of amides is 1. The summed E-state index contributed by atoms with van der Waals surface area (Å²) in [5.41, 5.74) is 5.71. The Morgan fingerprint density at radius 3 is 2.43 bits per heavy atom. The number of hydrogen-bond acceptors (Lipinski definition) is 3. The summed E-state index contributed by atoms with van der Waals surface area (Å²) in [5, 5.41) is 11.4. The van der Waals surface area contributed by atoms with E-state index >= 15 is 0 Å². The lowest BCUT2D eigenvalue weighted by Crippen LogP contribution is -2.35.